The van der Waals surface area contributed by atoms with Crippen LogP contribution in [0.5, 0.6) is 0 Å². The molecule has 0 aromatic carbocycles. The smallest absolute Gasteiger partial charge is 0.0696 e. The minimum atomic E-state index is 0.537. The molecule has 1 heterocycles. The SMILES string of the molecule is CC1=C(C)C(C)=C(C)N([O])C1. The predicted molar refractivity (Wildman–Crippen MR) is 44.1 cm³/mol. The second kappa shape index (κ2) is 2.70. The summed E-state index contributed by atoms with van der Waals surface area (Å²) in [5, 5.41) is 12.2. The predicted octanol–water partition coefficient (Wildman–Crippen LogP) is 2.28. The molecule has 61 valence electrons. The fourth-order valence-electron chi connectivity index (χ4n) is 1.23. The molecule has 0 fully saturated rings. The Balaban J connectivity index is 3.07. The van der Waals surface area contributed by atoms with Gasteiger partial charge in [0.25, 0.3) is 0 Å². The van der Waals surface area contributed by atoms with E-state index in [1.165, 1.54) is 11.1 Å². The average Bonchev–Trinajstić information content (AvgIpc) is 1.97. The molecule has 0 saturated carbocycles. The lowest BCUT2D eigenvalue weighted by molar-refractivity contribution is -0.120. The first-order valence-electron chi connectivity index (χ1n) is 3.83. The monoisotopic (exact) mass is 152 g/mol. The lowest BCUT2D eigenvalue weighted by Gasteiger charge is -2.24. The molecule has 2 heteroatoms. The molecule has 0 aromatic rings. The van der Waals surface area contributed by atoms with Gasteiger partial charge in [0.05, 0.1) is 6.54 Å². The van der Waals surface area contributed by atoms with Gasteiger partial charge in [0.2, 0.25) is 0 Å². The molecule has 1 radical (unpaired) electrons. The third kappa shape index (κ3) is 1.31. The van der Waals surface area contributed by atoms with Crippen molar-refractivity contribution in [3.63, 3.8) is 0 Å². The lowest BCUT2D eigenvalue weighted by atomic mass is 9.99. The van der Waals surface area contributed by atoms with Crippen molar-refractivity contribution in [1.29, 1.82) is 0 Å². The minimum absolute atomic E-state index is 0.537. The van der Waals surface area contributed by atoms with E-state index in [2.05, 4.69) is 6.92 Å². The second-order valence-corrected chi connectivity index (χ2v) is 3.15. The normalized spacial score (nSPS) is 19.9. The van der Waals surface area contributed by atoms with Crippen LogP contribution in [-0.2, 0) is 5.21 Å². The Bertz CT molecular complexity index is 238. The topological polar surface area (TPSA) is 23.1 Å². The van der Waals surface area contributed by atoms with Crippen molar-refractivity contribution in [2.45, 2.75) is 27.7 Å². The molecule has 11 heavy (non-hydrogen) atoms. The average molecular weight is 152 g/mol. The number of hydrogen-bond donors (Lipinski definition) is 0. The summed E-state index contributed by atoms with van der Waals surface area (Å²) in [6.45, 7) is 8.49. The Morgan fingerprint density at radius 2 is 1.64 bits per heavy atom. The van der Waals surface area contributed by atoms with Crippen LogP contribution in [0, 0.1) is 0 Å². The van der Waals surface area contributed by atoms with Gasteiger partial charge in [-0.1, -0.05) is 5.21 Å². The van der Waals surface area contributed by atoms with E-state index in [4.69, 9.17) is 0 Å². The molecule has 0 unspecified atom stereocenters. The van der Waals surface area contributed by atoms with E-state index in [0.29, 0.717) is 6.54 Å². The van der Waals surface area contributed by atoms with Gasteiger partial charge in [0.15, 0.2) is 0 Å². The number of nitrogens with zero attached hydrogens (tertiary/aromatic N) is 1. The summed E-state index contributed by atoms with van der Waals surface area (Å²) in [5.41, 5.74) is 4.44. The van der Waals surface area contributed by atoms with Crippen LogP contribution in [0.4, 0.5) is 0 Å². The van der Waals surface area contributed by atoms with Gasteiger partial charge < -0.3 is 0 Å². The first kappa shape index (κ1) is 8.34. The third-order valence-electron chi connectivity index (χ3n) is 2.50. The van der Waals surface area contributed by atoms with Crippen molar-refractivity contribution in [3.8, 4) is 0 Å². The van der Waals surface area contributed by atoms with E-state index in [-0.39, 0.29) is 0 Å². The van der Waals surface area contributed by atoms with Crippen molar-refractivity contribution in [2.75, 3.05) is 6.54 Å². The highest BCUT2D eigenvalue weighted by Gasteiger charge is 2.16. The molecule has 0 bridgehead atoms. The molecular formula is C9H14NO. The summed E-state index contributed by atoms with van der Waals surface area (Å²) >= 11 is 0. The molecule has 1 aliphatic heterocycles. The zero-order valence-corrected chi connectivity index (χ0v) is 7.56. The number of rotatable bonds is 0. The Kier molecular flexibility index (Phi) is 2.05. The van der Waals surface area contributed by atoms with Crippen molar-refractivity contribution < 1.29 is 5.21 Å². The summed E-state index contributed by atoms with van der Waals surface area (Å²) in [6, 6.07) is 0. The molecule has 2 nitrogen and oxygen atoms in total. The highest BCUT2D eigenvalue weighted by Crippen LogP contribution is 2.25. The lowest BCUT2D eigenvalue weighted by Crippen LogP contribution is -2.23. The van der Waals surface area contributed by atoms with Crippen molar-refractivity contribution in [1.82, 2.24) is 5.06 Å². The number of hydrogen-bond acceptors (Lipinski definition) is 1. The number of allylic oxidation sites excluding steroid dienone is 3. The maximum Gasteiger partial charge on any atom is 0.0696 e. The van der Waals surface area contributed by atoms with E-state index in [0.717, 1.165) is 16.3 Å². The van der Waals surface area contributed by atoms with Crippen molar-refractivity contribution in [3.05, 3.63) is 22.4 Å². The molecule has 0 spiro atoms. The highest BCUT2D eigenvalue weighted by molar-refractivity contribution is 5.37. The molecule has 1 rings (SSSR count). The highest BCUT2D eigenvalue weighted by atomic mass is 16.5. The van der Waals surface area contributed by atoms with Crippen molar-refractivity contribution in [2.24, 2.45) is 0 Å². The first-order valence-corrected chi connectivity index (χ1v) is 3.83. The van der Waals surface area contributed by atoms with E-state index in [1.807, 2.05) is 20.8 Å². The van der Waals surface area contributed by atoms with Crippen LogP contribution in [0.25, 0.3) is 0 Å². The van der Waals surface area contributed by atoms with E-state index < -0.39 is 0 Å². The number of hydroxylamine groups is 2. The van der Waals surface area contributed by atoms with Gasteiger partial charge in [-0.25, -0.2) is 5.06 Å². The van der Waals surface area contributed by atoms with Gasteiger partial charge in [-0.05, 0) is 44.4 Å². The standard InChI is InChI=1S/C9H14NO/c1-6-5-10(11)9(4)8(3)7(6)2/h5H2,1-4H3. The summed E-state index contributed by atoms with van der Waals surface area (Å²) < 4.78 is 0. The van der Waals surface area contributed by atoms with Gasteiger partial charge >= 0.3 is 0 Å². The Morgan fingerprint density at radius 3 is 2.18 bits per heavy atom. The van der Waals surface area contributed by atoms with Crippen LogP contribution < -0.4 is 0 Å². The third-order valence-corrected chi connectivity index (χ3v) is 2.50. The Morgan fingerprint density at radius 1 is 1.09 bits per heavy atom. The molecular weight excluding hydrogens is 138 g/mol. The zero-order chi connectivity index (χ0) is 8.59. The molecule has 0 aliphatic carbocycles. The zero-order valence-electron chi connectivity index (χ0n) is 7.56. The fraction of sp³-hybridized carbons (Fsp3) is 0.556. The van der Waals surface area contributed by atoms with Crippen LogP contribution in [0.1, 0.15) is 27.7 Å². The van der Waals surface area contributed by atoms with Gasteiger partial charge in [-0.3, -0.25) is 0 Å². The van der Waals surface area contributed by atoms with Gasteiger partial charge in [-0.2, -0.15) is 0 Å². The molecule has 0 aromatic heterocycles. The minimum Gasteiger partial charge on any atom is -0.220 e. The Labute approximate surface area is 67.8 Å². The largest absolute Gasteiger partial charge is 0.220 e. The fourth-order valence-corrected chi connectivity index (χ4v) is 1.23. The second-order valence-electron chi connectivity index (χ2n) is 3.15. The van der Waals surface area contributed by atoms with E-state index >= 15 is 0 Å². The maximum absolute atomic E-state index is 11.2. The van der Waals surface area contributed by atoms with Crippen LogP contribution in [0.3, 0.4) is 0 Å². The summed E-state index contributed by atoms with van der Waals surface area (Å²) in [4.78, 5) is 0. The van der Waals surface area contributed by atoms with Gasteiger partial charge in [0, 0.05) is 5.70 Å². The molecule has 0 amide bonds. The Hall–Kier alpha value is -0.760. The van der Waals surface area contributed by atoms with E-state index in [1.54, 1.807) is 0 Å². The first-order chi connectivity index (χ1) is 5.04. The van der Waals surface area contributed by atoms with Crippen LogP contribution in [0.15, 0.2) is 22.4 Å². The summed E-state index contributed by atoms with van der Waals surface area (Å²) in [7, 11) is 0. The molecule has 0 atom stereocenters. The molecule has 0 saturated heterocycles. The van der Waals surface area contributed by atoms with Gasteiger partial charge in [0.1, 0.15) is 0 Å². The molecule has 0 N–H and O–H groups in total. The maximum atomic E-state index is 11.2. The van der Waals surface area contributed by atoms with E-state index in [9.17, 15) is 5.21 Å². The molecule has 1 aliphatic rings. The summed E-state index contributed by atoms with van der Waals surface area (Å²) in [6.07, 6.45) is 0. The van der Waals surface area contributed by atoms with Crippen LogP contribution >= 0.6 is 0 Å². The summed E-state index contributed by atoms with van der Waals surface area (Å²) in [5.74, 6) is 0. The van der Waals surface area contributed by atoms with Gasteiger partial charge in [-0.15, -0.1) is 0 Å². The van der Waals surface area contributed by atoms with Crippen LogP contribution in [0.2, 0.25) is 0 Å². The quantitative estimate of drug-likeness (QED) is 0.522. The van der Waals surface area contributed by atoms with Crippen molar-refractivity contribution >= 4 is 0 Å². The van der Waals surface area contributed by atoms with Crippen LogP contribution in [-0.4, -0.2) is 11.6 Å².